The number of H-pyrrole nitrogens is 1. The third-order valence-corrected chi connectivity index (χ3v) is 10.3. The molecule has 0 saturated carbocycles. The molecule has 1 saturated heterocycles. The van der Waals surface area contributed by atoms with Crippen LogP contribution in [0.3, 0.4) is 0 Å². The largest absolute Gasteiger partial charge is 0.480 e. The fourth-order valence-electron chi connectivity index (χ4n) is 6.48. The number of nitrogens with two attached hydrogens (primary N) is 3. The number of carboxylic acids is 1. The molecule has 21 heteroatoms. The Morgan fingerprint density at radius 1 is 0.845 bits per heavy atom. The molecule has 2 rings (SSSR count). The van der Waals surface area contributed by atoms with E-state index in [2.05, 4.69) is 36.6 Å². The molecule has 0 bridgehead atoms. The van der Waals surface area contributed by atoms with Gasteiger partial charge in [0.2, 0.25) is 35.4 Å². The van der Waals surface area contributed by atoms with Crippen LogP contribution < -0.4 is 43.8 Å². The zero-order chi connectivity index (χ0) is 43.2. The molecule has 0 aliphatic carbocycles. The van der Waals surface area contributed by atoms with Crippen molar-refractivity contribution >= 4 is 53.2 Å². The van der Waals surface area contributed by atoms with Crippen LogP contribution in [0.5, 0.6) is 0 Å². The first-order valence-electron chi connectivity index (χ1n) is 19.9. The summed E-state index contributed by atoms with van der Waals surface area (Å²) in [6, 6.07) is -7.94. The highest BCUT2D eigenvalue weighted by Crippen LogP contribution is 2.21. The Morgan fingerprint density at radius 2 is 1.43 bits per heavy atom. The normalized spacial score (nSPS) is 17.0. The van der Waals surface area contributed by atoms with Crippen molar-refractivity contribution in [3.8, 4) is 0 Å². The van der Waals surface area contributed by atoms with E-state index in [4.69, 9.17) is 17.2 Å². The SMILES string of the molecule is CSCC[C@H](NC(=O)[C@H](CCCCN)NC(=O)[C@H](Cc1cnc[nH]1)NC(=O)[C@H](CC(C)C)NC(=O)[C@@H]1CCCN1C(=O)[C@H](CCCCN)NC(=O)[C@@H](N)CO)C(=O)O. The predicted molar refractivity (Wildman–Crippen MR) is 218 cm³/mol. The topological polar surface area (TPSA) is 330 Å². The average Bonchev–Trinajstić information content (AvgIpc) is 3.90. The van der Waals surface area contributed by atoms with Crippen molar-refractivity contribution in [2.24, 2.45) is 23.1 Å². The average molecular weight is 840 g/mol. The summed E-state index contributed by atoms with van der Waals surface area (Å²) in [6.07, 6.45) is 8.25. The van der Waals surface area contributed by atoms with Gasteiger partial charge in [0.15, 0.2) is 0 Å². The molecule has 1 fully saturated rings. The van der Waals surface area contributed by atoms with Gasteiger partial charge in [0.25, 0.3) is 0 Å². The number of rotatable bonds is 28. The number of aromatic amines is 1. The molecule has 0 spiro atoms. The number of aromatic nitrogens is 2. The van der Waals surface area contributed by atoms with Crippen LogP contribution in [-0.4, -0.2) is 147 Å². The van der Waals surface area contributed by atoms with Crippen LogP contribution in [0, 0.1) is 5.92 Å². The molecule has 1 aliphatic rings. The van der Waals surface area contributed by atoms with Crippen molar-refractivity contribution in [1.29, 1.82) is 0 Å². The lowest BCUT2D eigenvalue weighted by atomic mass is 10.0. The zero-order valence-corrected chi connectivity index (χ0v) is 34.7. The number of imidazole rings is 1. The maximum atomic E-state index is 14.0. The first-order valence-corrected chi connectivity index (χ1v) is 21.3. The highest BCUT2D eigenvalue weighted by Gasteiger charge is 2.40. The molecule has 20 nitrogen and oxygen atoms in total. The van der Waals surface area contributed by atoms with Crippen LogP contribution in [0.2, 0.25) is 0 Å². The molecule has 0 radical (unpaired) electrons. The third kappa shape index (κ3) is 16.9. The van der Waals surface area contributed by atoms with Crippen molar-refractivity contribution in [2.75, 3.05) is 38.2 Å². The second-order valence-electron chi connectivity index (χ2n) is 14.9. The van der Waals surface area contributed by atoms with E-state index in [0.717, 1.165) is 0 Å². The minimum absolute atomic E-state index is 0.0648. The summed E-state index contributed by atoms with van der Waals surface area (Å²) in [4.78, 5) is 102. The van der Waals surface area contributed by atoms with Gasteiger partial charge in [0.05, 0.1) is 12.9 Å². The number of likely N-dealkylation sites (tertiary alicyclic amines) is 1. The van der Waals surface area contributed by atoms with Gasteiger partial charge in [-0.15, -0.1) is 0 Å². The molecule has 1 aromatic rings. The lowest BCUT2D eigenvalue weighted by molar-refractivity contribution is -0.143. The standard InChI is InChI=1S/C37H65N11O9S/c1-22(2)17-28(47-35(54)30-11-8-15-48(30)36(55)26(10-5-7-14-39)44-31(50)24(40)20-49)33(52)46-29(18-23-19-41-21-42-23)34(53)43-25(9-4-6-13-38)32(51)45-27(37(56)57)12-16-58-3/h19,21-22,24-30,49H,4-18,20,38-40H2,1-3H3,(H,41,42)(H,43,53)(H,44,50)(H,45,51)(H,46,52)(H,47,54)(H,56,57)/t24-,25-,26-,27-,28-,29-,30-/m0/s1. The highest BCUT2D eigenvalue weighted by atomic mass is 32.2. The molecular weight excluding hydrogens is 775 g/mol. The summed E-state index contributed by atoms with van der Waals surface area (Å²) >= 11 is 1.43. The van der Waals surface area contributed by atoms with Gasteiger partial charge in [-0.2, -0.15) is 11.8 Å². The molecular formula is C37H65N11O9S. The van der Waals surface area contributed by atoms with Crippen molar-refractivity contribution < 1.29 is 43.8 Å². The number of nitrogens with zero attached hydrogens (tertiary/aromatic N) is 2. The number of aliphatic hydroxyl groups is 1. The molecule has 14 N–H and O–H groups in total. The molecule has 1 aromatic heterocycles. The minimum atomic E-state index is -1.26. The molecule has 58 heavy (non-hydrogen) atoms. The number of amides is 6. The minimum Gasteiger partial charge on any atom is -0.480 e. The van der Waals surface area contributed by atoms with Crippen LogP contribution in [0.15, 0.2) is 12.5 Å². The lowest BCUT2D eigenvalue weighted by Gasteiger charge is -2.31. The first-order chi connectivity index (χ1) is 27.7. The van der Waals surface area contributed by atoms with Gasteiger partial charge in [-0.3, -0.25) is 28.8 Å². The number of carboxylic acid groups (broad SMARTS) is 1. The summed E-state index contributed by atoms with van der Waals surface area (Å²) < 4.78 is 0. The Balaban J connectivity index is 2.32. The first kappa shape index (κ1) is 49.8. The lowest BCUT2D eigenvalue weighted by Crippen LogP contribution is -2.60. The second-order valence-corrected chi connectivity index (χ2v) is 15.9. The molecule has 328 valence electrons. The maximum absolute atomic E-state index is 14.0. The molecule has 0 aromatic carbocycles. The van der Waals surface area contributed by atoms with E-state index >= 15 is 0 Å². The number of thioether (sulfide) groups is 1. The van der Waals surface area contributed by atoms with Gasteiger partial charge in [-0.25, -0.2) is 9.78 Å². The van der Waals surface area contributed by atoms with Gasteiger partial charge in [-0.05, 0) is 95.2 Å². The number of carbonyl (C=O) groups is 7. The van der Waals surface area contributed by atoms with E-state index in [9.17, 15) is 43.8 Å². The Morgan fingerprint density at radius 3 is 2.00 bits per heavy atom. The van der Waals surface area contributed by atoms with Gasteiger partial charge < -0.3 is 63.9 Å². The number of aliphatic carboxylic acids is 1. The van der Waals surface area contributed by atoms with Crippen LogP contribution in [-0.2, 0) is 40.0 Å². The van der Waals surface area contributed by atoms with Gasteiger partial charge in [0, 0.05) is 24.9 Å². The van der Waals surface area contributed by atoms with Gasteiger partial charge >= 0.3 is 5.97 Å². The van der Waals surface area contributed by atoms with Crippen LogP contribution >= 0.6 is 11.8 Å². The Bertz CT molecular complexity index is 1470. The van der Waals surface area contributed by atoms with Crippen molar-refractivity contribution in [1.82, 2.24) is 41.5 Å². The van der Waals surface area contributed by atoms with E-state index in [1.54, 1.807) is 0 Å². The molecule has 6 amide bonds. The molecule has 7 atom stereocenters. The number of hydrogen-bond donors (Lipinski definition) is 11. The van der Waals surface area contributed by atoms with E-state index < -0.39 is 90.3 Å². The number of carbonyl (C=O) groups excluding carboxylic acids is 6. The maximum Gasteiger partial charge on any atom is 0.326 e. The number of aliphatic hydroxyl groups excluding tert-OH is 1. The predicted octanol–water partition coefficient (Wildman–Crippen LogP) is -2.17. The smallest absolute Gasteiger partial charge is 0.326 e. The number of nitrogens with one attached hydrogen (secondary N) is 6. The van der Waals surface area contributed by atoms with E-state index in [-0.39, 0.29) is 44.6 Å². The quantitative estimate of drug-likeness (QED) is 0.0400. The summed E-state index contributed by atoms with van der Waals surface area (Å²) in [5.41, 5.74) is 17.5. The van der Waals surface area contributed by atoms with E-state index in [0.29, 0.717) is 63.1 Å². The molecule has 2 heterocycles. The Hall–Kier alpha value is -4.31. The number of unbranched alkanes of at least 4 members (excludes halogenated alkanes) is 2. The van der Waals surface area contributed by atoms with Crippen LogP contribution in [0.4, 0.5) is 0 Å². The van der Waals surface area contributed by atoms with Crippen molar-refractivity contribution in [3.63, 3.8) is 0 Å². The fraction of sp³-hybridized carbons (Fsp3) is 0.730. The third-order valence-electron chi connectivity index (χ3n) is 9.69. The Labute approximate surface area is 344 Å². The summed E-state index contributed by atoms with van der Waals surface area (Å²) in [7, 11) is 0. The van der Waals surface area contributed by atoms with Crippen molar-refractivity contribution in [2.45, 2.75) is 127 Å². The van der Waals surface area contributed by atoms with E-state index in [1.807, 2.05) is 20.1 Å². The molecule has 1 aliphatic heterocycles. The Kier molecular flexibility index (Phi) is 22.9. The summed E-state index contributed by atoms with van der Waals surface area (Å²) in [6.45, 7) is 4.03. The number of hydrogen-bond acceptors (Lipinski definition) is 13. The van der Waals surface area contributed by atoms with Crippen LogP contribution in [0.1, 0.15) is 83.7 Å². The summed E-state index contributed by atoms with van der Waals surface area (Å²) in [5.74, 6) is -4.73. The fourth-order valence-corrected chi connectivity index (χ4v) is 6.95. The highest BCUT2D eigenvalue weighted by molar-refractivity contribution is 7.98. The van der Waals surface area contributed by atoms with Gasteiger partial charge in [0.1, 0.15) is 42.3 Å². The van der Waals surface area contributed by atoms with Gasteiger partial charge in [-0.1, -0.05) is 13.8 Å². The zero-order valence-electron chi connectivity index (χ0n) is 33.9. The summed E-state index contributed by atoms with van der Waals surface area (Å²) in [5, 5.41) is 32.4. The molecule has 0 unspecified atom stereocenters. The monoisotopic (exact) mass is 839 g/mol. The van der Waals surface area contributed by atoms with E-state index in [1.165, 1.54) is 29.2 Å². The van der Waals surface area contributed by atoms with Crippen molar-refractivity contribution in [3.05, 3.63) is 18.2 Å². The van der Waals surface area contributed by atoms with Crippen LogP contribution in [0.25, 0.3) is 0 Å². The second kappa shape index (κ2) is 26.6.